The highest BCUT2D eigenvalue weighted by Crippen LogP contribution is 2.32. The summed E-state index contributed by atoms with van der Waals surface area (Å²) in [6.45, 7) is 3.95. The zero-order valence-electron chi connectivity index (χ0n) is 12.4. The minimum Gasteiger partial charge on any atom is -0.373 e. The van der Waals surface area contributed by atoms with Crippen molar-refractivity contribution in [1.82, 2.24) is 0 Å². The predicted molar refractivity (Wildman–Crippen MR) is 83.1 cm³/mol. The van der Waals surface area contributed by atoms with Gasteiger partial charge in [0.1, 0.15) is 0 Å². The fourth-order valence-corrected chi connectivity index (χ4v) is 3.66. The van der Waals surface area contributed by atoms with Crippen LogP contribution >= 0.6 is 0 Å². The maximum absolute atomic E-state index is 6.12. The van der Waals surface area contributed by atoms with Crippen LogP contribution in [0.4, 0.5) is 5.69 Å². The lowest BCUT2D eigenvalue weighted by atomic mass is 10.0. The van der Waals surface area contributed by atoms with Crippen LogP contribution in [0.15, 0.2) is 24.3 Å². The van der Waals surface area contributed by atoms with Crippen molar-refractivity contribution < 1.29 is 4.74 Å². The molecular formula is C17H26N2O. The Balaban J connectivity index is 1.87. The number of nitrogens with two attached hydrogens (primary N) is 1. The van der Waals surface area contributed by atoms with Gasteiger partial charge in [0.15, 0.2) is 0 Å². The first-order chi connectivity index (χ1) is 9.79. The van der Waals surface area contributed by atoms with E-state index < -0.39 is 0 Å². The molecule has 1 aromatic rings. The van der Waals surface area contributed by atoms with Crippen LogP contribution < -0.4 is 10.6 Å². The molecular weight excluding hydrogens is 248 g/mol. The van der Waals surface area contributed by atoms with Crippen LogP contribution in [0, 0.1) is 0 Å². The Labute approximate surface area is 122 Å². The second-order valence-electron chi connectivity index (χ2n) is 6.14. The summed E-state index contributed by atoms with van der Waals surface area (Å²) in [5.41, 5.74) is 8.96. The normalized spacial score (nSPS) is 28.0. The number of fused-ring (bicyclic) bond motifs is 1. The Morgan fingerprint density at radius 1 is 1.30 bits per heavy atom. The van der Waals surface area contributed by atoms with Crippen molar-refractivity contribution in [2.24, 2.45) is 5.73 Å². The number of anilines is 1. The van der Waals surface area contributed by atoms with Crippen LogP contribution in [-0.2, 0) is 11.2 Å². The number of rotatable bonds is 3. The van der Waals surface area contributed by atoms with Gasteiger partial charge in [0.2, 0.25) is 0 Å². The highest BCUT2D eigenvalue weighted by Gasteiger charge is 2.33. The van der Waals surface area contributed by atoms with E-state index in [-0.39, 0.29) is 0 Å². The minimum atomic E-state index is 0.293. The number of ether oxygens (including phenoxy) is 1. The molecule has 0 aliphatic carbocycles. The molecule has 3 heteroatoms. The van der Waals surface area contributed by atoms with Gasteiger partial charge in [-0.25, -0.2) is 0 Å². The van der Waals surface area contributed by atoms with Gasteiger partial charge >= 0.3 is 0 Å². The fourth-order valence-electron chi connectivity index (χ4n) is 3.66. The quantitative estimate of drug-likeness (QED) is 0.921. The molecule has 3 unspecified atom stereocenters. The lowest BCUT2D eigenvalue weighted by Crippen LogP contribution is -2.49. The Morgan fingerprint density at radius 3 is 2.90 bits per heavy atom. The summed E-state index contributed by atoms with van der Waals surface area (Å²) in [4.78, 5) is 2.52. The number of para-hydroxylation sites is 1. The number of nitrogens with zero attached hydrogens (tertiary/aromatic N) is 1. The zero-order chi connectivity index (χ0) is 13.9. The number of aryl methyl sites for hydroxylation is 1. The average molecular weight is 274 g/mol. The van der Waals surface area contributed by atoms with E-state index in [1.807, 2.05) is 0 Å². The molecule has 0 bridgehead atoms. The van der Waals surface area contributed by atoms with Gasteiger partial charge in [-0.3, -0.25) is 0 Å². The van der Waals surface area contributed by atoms with Gasteiger partial charge in [-0.1, -0.05) is 18.2 Å². The van der Waals surface area contributed by atoms with E-state index >= 15 is 0 Å². The highest BCUT2D eigenvalue weighted by atomic mass is 16.5. The molecule has 3 atom stereocenters. The molecule has 0 spiro atoms. The van der Waals surface area contributed by atoms with Crippen molar-refractivity contribution in [3.63, 3.8) is 0 Å². The first kappa shape index (κ1) is 13.9. The number of hydrogen-bond acceptors (Lipinski definition) is 3. The molecule has 0 radical (unpaired) electrons. The Bertz CT molecular complexity index is 448. The van der Waals surface area contributed by atoms with Gasteiger partial charge < -0.3 is 15.4 Å². The molecule has 2 aliphatic heterocycles. The Morgan fingerprint density at radius 2 is 2.15 bits per heavy atom. The monoisotopic (exact) mass is 274 g/mol. The molecule has 0 aromatic heterocycles. The van der Waals surface area contributed by atoms with Crippen molar-refractivity contribution in [2.45, 2.75) is 57.3 Å². The number of benzene rings is 1. The first-order valence-corrected chi connectivity index (χ1v) is 7.99. The molecule has 2 heterocycles. The van der Waals surface area contributed by atoms with E-state index in [1.54, 1.807) is 0 Å². The van der Waals surface area contributed by atoms with Gasteiger partial charge in [-0.05, 0) is 50.7 Å². The summed E-state index contributed by atoms with van der Waals surface area (Å²) in [6.07, 6.45) is 6.68. The fraction of sp³-hybridized carbons (Fsp3) is 0.647. The Hall–Kier alpha value is -1.06. The van der Waals surface area contributed by atoms with E-state index in [9.17, 15) is 0 Å². The van der Waals surface area contributed by atoms with Crippen LogP contribution in [0.25, 0.3) is 0 Å². The maximum atomic E-state index is 6.12. The van der Waals surface area contributed by atoms with E-state index in [0.29, 0.717) is 24.8 Å². The lowest BCUT2D eigenvalue weighted by molar-refractivity contribution is 0.0401. The van der Waals surface area contributed by atoms with E-state index in [2.05, 4.69) is 36.1 Å². The van der Waals surface area contributed by atoms with Crippen molar-refractivity contribution in [1.29, 1.82) is 0 Å². The smallest absolute Gasteiger partial charge is 0.0795 e. The average Bonchev–Trinajstić information content (AvgIpc) is 2.78. The van der Waals surface area contributed by atoms with E-state index in [4.69, 9.17) is 10.5 Å². The van der Waals surface area contributed by atoms with Gasteiger partial charge in [0.05, 0.1) is 18.2 Å². The standard InChI is InChI=1S/C17H26N2O/c1-13-9-10-17(20-13)16(12-18)19-11-5-4-7-14-6-2-3-8-15(14)19/h2-3,6,8,13,16-17H,4-5,7,9-12,18H2,1H3. The van der Waals surface area contributed by atoms with Crippen LogP contribution in [0.2, 0.25) is 0 Å². The molecule has 0 saturated carbocycles. The van der Waals surface area contributed by atoms with E-state index in [0.717, 1.165) is 19.4 Å². The Kier molecular flexibility index (Phi) is 4.27. The van der Waals surface area contributed by atoms with Gasteiger partial charge in [0.25, 0.3) is 0 Å². The van der Waals surface area contributed by atoms with Crippen LogP contribution in [0.1, 0.15) is 38.2 Å². The van der Waals surface area contributed by atoms with Gasteiger partial charge in [0, 0.05) is 18.8 Å². The molecule has 3 rings (SSSR count). The van der Waals surface area contributed by atoms with E-state index in [1.165, 1.54) is 30.5 Å². The first-order valence-electron chi connectivity index (χ1n) is 7.99. The van der Waals surface area contributed by atoms with Crippen molar-refractivity contribution in [2.75, 3.05) is 18.0 Å². The summed E-state index contributed by atoms with van der Waals surface area (Å²) in [5.74, 6) is 0. The third-order valence-corrected chi connectivity index (χ3v) is 4.73. The SMILES string of the molecule is CC1CCC(C(CN)N2CCCCc3ccccc32)O1. The molecule has 1 aromatic carbocycles. The molecule has 0 amide bonds. The zero-order valence-corrected chi connectivity index (χ0v) is 12.4. The molecule has 2 aliphatic rings. The summed E-state index contributed by atoms with van der Waals surface area (Å²) < 4.78 is 6.10. The summed E-state index contributed by atoms with van der Waals surface area (Å²) in [6, 6.07) is 9.12. The molecule has 2 N–H and O–H groups in total. The summed E-state index contributed by atoms with van der Waals surface area (Å²) >= 11 is 0. The third kappa shape index (κ3) is 2.70. The van der Waals surface area contributed by atoms with Crippen molar-refractivity contribution >= 4 is 5.69 Å². The van der Waals surface area contributed by atoms with Gasteiger partial charge in [-0.2, -0.15) is 0 Å². The lowest BCUT2D eigenvalue weighted by Gasteiger charge is -2.36. The van der Waals surface area contributed by atoms with Gasteiger partial charge in [-0.15, -0.1) is 0 Å². The molecule has 110 valence electrons. The maximum Gasteiger partial charge on any atom is 0.0795 e. The molecule has 1 fully saturated rings. The van der Waals surface area contributed by atoms with Crippen LogP contribution in [0.5, 0.6) is 0 Å². The van der Waals surface area contributed by atoms with Crippen molar-refractivity contribution in [3.05, 3.63) is 29.8 Å². The largest absolute Gasteiger partial charge is 0.373 e. The highest BCUT2D eigenvalue weighted by molar-refractivity contribution is 5.55. The van der Waals surface area contributed by atoms with Crippen LogP contribution in [-0.4, -0.2) is 31.3 Å². The molecule has 1 saturated heterocycles. The molecule has 20 heavy (non-hydrogen) atoms. The predicted octanol–water partition coefficient (Wildman–Crippen LogP) is 2.72. The third-order valence-electron chi connectivity index (χ3n) is 4.73. The van der Waals surface area contributed by atoms with Crippen molar-refractivity contribution in [3.8, 4) is 0 Å². The molecule has 3 nitrogen and oxygen atoms in total. The second kappa shape index (κ2) is 6.15. The topological polar surface area (TPSA) is 38.5 Å². The minimum absolute atomic E-state index is 0.293. The second-order valence-corrected chi connectivity index (χ2v) is 6.14. The number of hydrogen-bond donors (Lipinski definition) is 1. The summed E-state index contributed by atoms with van der Waals surface area (Å²) in [5, 5.41) is 0. The van der Waals surface area contributed by atoms with Crippen LogP contribution in [0.3, 0.4) is 0 Å². The summed E-state index contributed by atoms with van der Waals surface area (Å²) in [7, 11) is 0.